The fraction of sp³-hybridized carbons (Fsp3) is 0.143. The zero-order valence-electron chi connectivity index (χ0n) is 34.6. The van der Waals surface area contributed by atoms with Crippen molar-refractivity contribution in [1.82, 2.24) is 4.98 Å². The van der Waals surface area contributed by atoms with Crippen LogP contribution in [0.4, 0.5) is 5.69 Å². The van der Waals surface area contributed by atoms with Crippen molar-refractivity contribution in [1.29, 1.82) is 0 Å². The molecule has 7 aromatic rings. The van der Waals surface area contributed by atoms with Crippen LogP contribution in [0, 0.1) is 6.92 Å². The van der Waals surface area contributed by atoms with Crippen LogP contribution >= 0.6 is 10.0 Å². The van der Waals surface area contributed by atoms with Gasteiger partial charge in [-0.15, -0.1) is 10.0 Å². The Hall–Kier alpha value is -6.23. The fourth-order valence-electron chi connectivity index (χ4n) is 10.5. The van der Waals surface area contributed by atoms with Gasteiger partial charge in [0.2, 0.25) is 0 Å². The minimum absolute atomic E-state index is 0.248. The van der Waals surface area contributed by atoms with Crippen LogP contribution < -0.4 is 10.8 Å². The second-order valence-corrected chi connectivity index (χ2v) is 19.9. The molecule has 0 amide bonds. The lowest BCUT2D eigenvalue weighted by atomic mass is 9.57. The smallest absolute Gasteiger partial charge is 0.195 e. The fourth-order valence-corrected chi connectivity index (χ4v) is 14.7. The maximum atomic E-state index is 4.15. The summed E-state index contributed by atoms with van der Waals surface area (Å²) in [5, 5.41) is 3.88. The third-order valence-corrected chi connectivity index (χ3v) is 17.1. The molecular formula is C56H48BN2S. The van der Waals surface area contributed by atoms with Crippen molar-refractivity contribution < 1.29 is 0 Å². The van der Waals surface area contributed by atoms with Gasteiger partial charge >= 0.3 is 0 Å². The van der Waals surface area contributed by atoms with Crippen LogP contribution in [0.25, 0.3) is 32.9 Å². The molecule has 5 aliphatic rings. The standard InChI is InChI=1S/C56H48BN2S/c1-36(2)52-47(42-25-12-10-18-37(42)3)34-48-50-31-16-20-39(35-58-49-29-14-15-30-51(49)60(50,40-21-6-4-7-22-40)41-23-8-5-9-24-41)57-54(48)53(52)46-28-17-27-44-45-33-32-38-19-11-13-26-43(38)55(45)59-56(44)46/h4-16,18-26,28-31,34-36,58-59H,17,27,32-33H2,1-3H3/b20-16?,39-35?,50-31+. The molecule has 4 heteroatoms. The zero-order chi connectivity index (χ0) is 40.4. The van der Waals surface area contributed by atoms with Gasteiger partial charge in [0.15, 0.2) is 7.28 Å². The number of para-hydroxylation sites is 1. The summed E-state index contributed by atoms with van der Waals surface area (Å²) in [5.74, 6) is 0.248. The van der Waals surface area contributed by atoms with E-state index in [2.05, 4.69) is 208 Å². The molecule has 0 saturated heterocycles. The Morgan fingerprint density at radius 3 is 2.10 bits per heavy atom. The van der Waals surface area contributed by atoms with Gasteiger partial charge in [0.25, 0.3) is 0 Å². The highest BCUT2D eigenvalue weighted by atomic mass is 32.3. The minimum Gasteiger partial charge on any atom is -0.361 e. The predicted molar refractivity (Wildman–Crippen MR) is 256 cm³/mol. The summed E-state index contributed by atoms with van der Waals surface area (Å²) < 4.78 is 0. The molecule has 1 aromatic heterocycles. The maximum Gasteiger partial charge on any atom is 0.195 e. The van der Waals surface area contributed by atoms with Crippen molar-refractivity contribution in [2.24, 2.45) is 0 Å². The van der Waals surface area contributed by atoms with Crippen LogP contribution in [0.3, 0.4) is 0 Å². The van der Waals surface area contributed by atoms with Gasteiger partial charge in [-0.2, -0.15) is 0 Å². The monoisotopic (exact) mass is 791 g/mol. The molecule has 2 nitrogen and oxygen atoms in total. The van der Waals surface area contributed by atoms with Crippen LogP contribution in [0.15, 0.2) is 190 Å². The number of hydrogen-bond acceptors (Lipinski definition) is 1. The highest BCUT2D eigenvalue weighted by Crippen LogP contribution is 2.77. The van der Waals surface area contributed by atoms with Gasteiger partial charge < -0.3 is 10.3 Å². The number of aromatic nitrogens is 1. The van der Waals surface area contributed by atoms with E-state index in [0.29, 0.717) is 0 Å². The van der Waals surface area contributed by atoms with Crippen LogP contribution in [0.2, 0.25) is 0 Å². The van der Waals surface area contributed by atoms with Crippen LogP contribution in [-0.4, -0.2) is 12.3 Å². The molecule has 3 aliphatic heterocycles. The Morgan fingerprint density at radius 2 is 1.33 bits per heavy atom. The summed E-state index contributed by atoms with van der Waals surface area (Å²) in [6, 6.07) is 52.3. The van der Waals surface area contributed by atoms with Gasteiger partial charge in [0.05, 0.1) is 5.69 Å². The molecule has 1 radical (unpaired) electrons. The molecule has 6 aromatic carbocycles. The first kappa shape index (κ1) is 36.8. The molecule has 291 valence electrons. The third kappa shape index (κ3) is 5.72. The zero-order valence-corrected chi connectivity index (χ0v) is 35.4. The lowest BCUT2D eigenvalue weighted by Crippen LogP contribution is -2.30. The SMILES string of the molecule is Cc1ccccc1-c1cc2c(c(C3=CCCc4c3[nH]c3c4CCc4ccccc4-3)c1C(C)C)[B]C1=CNc3ccccc3S(c3ccccc3)(c3ccccc3)/C2=C/C=C1. The summed E-state index contributed by atoms with van der Waals surface area (Å²) >= 11 is 0. The molecular weight excluding hydrogens is 744 g/mol. The van der Waals surface area contributed by atoms with Crippen molar-refractivity contribution in [2.75, 3.05) is 5.32 Å². The number of aryl methyl sites for hydroxylation is 2. The molecule has 0 saturated carbocycles. The summed E-state index contributed by atoms with van der Waals surface area (Å²) in [7, 11) is 0.362. The number of allylic oxidation sites excluding steroid dienone is 5. The van der Waals surface area contributed by atoms with E-state index in [4.69, 9.17) is 0 Å². The second kappa shape index (κ2) is 14.8. The van der Waals surface area contributed by atoms with Crippen molar-refractivity contribution in [3.05, 3.63) is 220 Å². The molecule has 2 N–H and O–H groups in total. The average molecular weight is 792 g/mol. The summed E-state index contributed by atoms with van der Waals surface area (Å²) in [6.45, 7) is 7.07. The normalized spacial score (nSPS) is 17.2. The van der Waals surface area contributed by atoms with E-state index in [-0.39, 0.29) is 5.92 Å². The Bertz CT molecular complexity index is 2920. The molecule has 12 rings (SSSR count). The summed E-state index contributed by atoms with van der Waals surface area (Å²) in [5.41, 5.74) is 21.3. The van der Waals surface area contributed by atoms with Crippen LogP contribution in [0.1, 0.15) is 70.8 Å². The van der Waals surface area contributed by atoms with Gasteiger partial charge in [-0.1, -0.05) is 140 Å². The first-order chi connectivity index (χ1) is 29.5. The second-order valence-electron chi connectivity index (χ2n) is 16.8. The largest absolute Gasteiger partial charge is 0.361 e. The number of fused-ring (bicyclic) bond motifs is 7. The molecule has 0 atom stereocenters. The highest BCUT2D eigenvalue weighted by molar-refractivity contribution is 8.41. The van der Waals surface area contributed by atoms with Gasteiger partial charge in [-0.05, 0) is 143 Å². The molecule has 60 heavy (non-hydrogen) atoms. The molecule has 0 unspecified atom stereocenters. The Morgan fingerprint density at radius 1 is 0.650 bits per heavy atom. The van der Waals surface area contributed by atoms with E-state index in [0.717, 1.165) is 36.8 Å². The molecule has 2 bridgehead atoms. The number of nitrogens with one attached hydrogen (secondary N) is 2. The summed E-state index contributed by atoms with van der Waals surface area (Å²) in [6.07, 6.45) is 16.1. The van der Waals surface area contributed by atoms with E-state index in [1.54, 1.807) is 0 Å². The summed E-state index contributed by atoms with van der Waals surface area (Å²) in [4.78, 5) is 9.40. The van der Waals surface area contributed by atoms with E-state index in [1.165, 1.54) is 97.6 Å². The van der Waals surface area contributed by atoms with Crippen molar-refractivity contribution in [3.63, 3.8) is 0 Å². The topological polar surface area (TPSA) is 27.8 Å². The predicted octanol–water partition coefficient (Wildman–Crippen LogP) is 13.7. The molecule has 4 heterocycles. The Kier molecular flexibility index (Phi) is 9.08. The molecule has 0 spiro atoms. The van der Waals surface area contributed by atoms with E-state index in [9.17, 15) is 0 Å². The van der Waals surface area contributed by atoms with Gasteiger partial charge in [0.1, 0.15) is 0 Å². The average Bonchev–Trinajstić information content (AvgIpc) is 3.68. The first-order valence-corrected chi connectivity index (χ1v) is 23.2. The number of anilines is 1. The number of benzene rings is 6. The minimum atomic E-state index is -2.12. The van der Waals surface area contributed by atoms with Crippen molar-refractivity contribution in [2.45, 2.75) is 67.1 Å². The van der Waals surface area contributed by atoms with Crippen LogP contribution in [-0.2, 0) is 19.3 Å². The Labute approximate surface area is 357 Å². The van der Waals surface area contributed by atoms with E-state index >= 15 is 0 Å². The van der Waals surface area contributed by atoms with Gasteiger partial charge in [-0.3, -0.25) is 0 Å². The van der Waals surface area contributed by atoms with E-state index < -0.39 is 10.0 Å². The van der Waals surface area contributed by atoms with Gasteiger partial charge in [-0.25, -0.2) is 0 Å². The van der Waals surface area contributed by atoms with Crippen LogP contribution in [0.5, 0.6) is 0 Å². The maximum absolute atomic E-state index is 4.15. The number of H-pyrrole nitrogens is 1. The first-order valence-electron chi connectivity index (χ1n) is 21.5. The highest BCUT2D eigenvalue weighted by Gasteiger charge is 2.41. The number of hydrogen-bond donors (Lipinski definition) is 2. The quantitative estimate of drug-likeness (QED) is 0.167. The van der Waals surface area contributed by atoms with Crippen molar-refractivity contribution >= 4 is 38.9 Å². The Balaban J connectivity index is 1.30. The number of aromatic amines is 1. The lowest BCUT2D eigenvalue weighted by Gasteiger charge is -2.46. The number of rotatable bonds is 5. The van der Waals surface area contributed by atoms with Crippen molar-refractivity contribution in [3.8, 4) is 22.4 Å². The molecule has 0 fully saturated rings. The van der Waals surface area contributed by atoms with E-state index in [1.807, 2.05) is 0 Å². The molecule has 2 aliphatic carbocycles. The third-order valence-electron chi connectivity index (χ3n) is 13.1. The van der Waals surface area contributed by atoms with Gasteiger partial charge in [0, 0.05) is 42.1 Å². The lowest BCUT2D eigenvalue weighted by molar-refractivity contribution is 0.863.